The third kappa shape index (κ3) is 4.11. The van der Waals surface area contributed by atoms with E-state index in [0.29, 0.717) is 0 Å². The molecule has 0 radical (unpaired) electrons. The highest BCUT2D eigenvalue weighted by Gasteiger charge is 2.55. The highest BCUT2D eigenvalue weighted by Crippen LogP contribution is 2.38. The number of benzene rings is 1. The first-order chi connectivity index (χ1) is 12.8. The number of nitrogens with one attached hydrogen (secondary N) is 2. The van der Waals surface area contributed by atoms with Gasteiger partial charge in [0.2, 0.25) is 5.60 Å². The molecule has 1 aliphatic rings. The van der Waals surface area contributed by atoms with Gasteiger partial charge in [0.1, 0.15) is 0 Å². The Morgan fingerprint density at radius 1 is 1.26 bits per heavy atom. The number of carbonyl (C=O) groups excluding carboxylic acids is 1. The molecule has 146 valence electrons. The van der Waals surface area contributed by atoms with Gasteiger partial charge in [-0.3, -0.25) is 4.79 Å². The Kier molecular flexibility index (Phi) is 5.47. The number of aromatic nitrogens is 3. The Bertz CT molecular complexity index is 774. The van der Waals surface area contributed by atoms with Crippen LogP contribution in [-0.2, 0) is 5.60 Å². The Labute approximate surface area is 153 Å². The molecular formula is C17H20F3N5O2. The minimum absolute atomic E-state index is 0.0916. The quantitative estimate of drug-likeness (QED) is 0.726. The van der Waals surface area contributed by atoms with Crippen molar-refractivity contribution in [1.29, 1.82) is 0 Å². The Morgan fingerprint density at radius 3 is 2.56 bits per heavy atom. The fourth-order valence-electron chi connectivity index (χ4n) is 3.01. The zero-order valence-electron chi connectivity index (χ0n) is 14.4. The summed E-state index contributed by atoms with van der Waals surface area (Å²) in [7, 11) is 0. The Morgan fingerprint density at radius 2 is 1.93 bits per heavy atom. The zero-order chi connectivity index (χ0) is 19.5. The summed E-state index contributed by atoms with van der Waals surface area (Å²) < 4.78 is 41.9. The smallest absolute Gasteiger partial charge is 0.375 e. The highest BCUT2D eigenvalue weighted by atomic mass is 19.4. The second-order valence-corrected chi connectivity index (χ2v) is 6.47. The van der Waals surface area contributed by atoms with Crippen LogP contribution >= 0.6 is 0 Å². The molecule has 0 aliphatic carbocycles. The van der Waals surface area contributed by atoms with Crippen LogP contribution in [0.5, 0.6) is 0 Å². The summed E-state index contributed by atoms with van der Waals surface area (Å²) in [5.41, 5.74) is -3.64. The van der Waals surface area contributed by atoms with E-state index < -0.39 is 24.2 Å². The summed E-state index contributed by atoms with van der Waals surface area (Å²) in [5.74, 6) is -0.825. The lowest BCUT2D eigenvalue weighted by Gasteiger charge is -2.31. The first-order valence-corrected chi connectivity index (χ1v) is 8.56. The lowest BCUT2D eigenvalue weighted by atomic mass is 9.93. The van der Waals surface area contributed by atoms with E-state index in [0.717, 1.165) is 38.1 Å². The fourth-order valence-corrected chi connectivity index (χ4v) is 3.01. The van der Waals surface area contributed by atoms with Gasteiger partial charge in [-0.15, -0.1) is 5.10 Å². The van der Waals surface area contributed by atoms with Gasteiger partial charge in [-0.2, -0.15) is 13.2 Å². The van der Waals surface area contributed by atoms with Crippen LogP contribution in [0.2, 0.25) is 0 Å². The minimum atomic E-state index is -4.96. The number of nitrogens with zero attached hydrogens (tertiary/aromatic N) is 3. The number of hydrogen-bond donors (Lipinski definition) is 3. The number of halogens is 3. The van der Waals surface area contributed by atoms with Gasteiger partial charge < -0.3 is 15.7 Å². The van der Waals surface area contributed by atoms with Gasteiger partial charge in [0.15, 0.2) is 5.69 Å². The number of aliphatic hydroxyl groups is 1. The molecule has 2 heterocycles. The predicted molar refractivity (Wildman–Crippen MR) is 89.9 cm³/mol. The number of alkyl halides is 3. The molecule has 1 aliphatic heterocycles. The van der Waals surface area contributed by atoms with E-state index in [4.69, 9.17) is 0 Å². The van der Waals surface area contributed by atoms with E-state index in [9.17, 15) is 23.1 Å². The van der Waals surface area contributed by atoms with Crippen LogP contribution in [0, 0.1) is 0 Å². The largest absolute Gasteiger partial charge is 0.423 e. The van der Waals surface area contributed by atoms with Gasteiger partial charge in [0.25, 0.3) is 5.91 Å². The molecule has 1 aromatic heterocycles. The summed E-state index contributed by atoms with van der Waals surface area (Å²) in [6, 6.07) is 6.73. The Hall–Kier alpha value is -2.46. The van der Waals surface area contributed by atoms with Gasteiger partial charge in [0, 0.05) is 0 Å². The van der Waals surface area contributed by atoms with Crippen molar-refractivity contribution in [2.24, 2.45) is 0 Å². The molecule has 1 aromatic carbocycles. The number of piperidine rings is 1. The van der Waals surface area contributed by atoms with Crippen LogP contribution < -0.4 is 10.6 Å². The summed E-state index contributed by atoms with van der Waals surface area (Å²) in [6.45, 7) is 0.614. The lowest BCUT2D eigenvalue weighted by molar-refractivity contribution is -0.263. The van der Waals surface area contributed by atoms with E-state index in [1.54, 1.807) is 4.68 Å². The standard InChI is InChI=1S/C17H20F3N5O2/c18-17(19,20)16(27,12-4-2-1-3-5-12)11-22-15(26)14-10-25(24-23-14)13-6-8-21-9-7-13/h1-5,10,13,21,27H,6-9,11H2,(H,22,26). The minimum Gasteiger partial charge on any atom is -0.375 e. The molecule has 0 spiro atoms. The van der Waals surface area contributed by atoms with Crippen molar-refractivity contribution in [2.45, 2.75) is 30.7 Å². The van der Waals surface area contributed by atoms with Crippen molar-refractivity contribution >= 4 is 5.91 Å². The van der Waals surface area contributed by atoms with Crippen LogP contribution in [0.15, 0.2) is 36.5 Å². The molecule has 0 bridgehead atoms. The molecule has 2 aromatic rings. The molecule has 7 nitrogen and oxygen atoms in total. The summed E-state index contributed by atoms with van der Waals surface area (Å²) in [4.78, 5) is 12.2. The molecule has 1 fully saturated rings. The zero-order valence-corrected chi connectivity index (χ0v) is 14.4. The van der Waals surface area contributed by atoms with Gasteiger partial charge in [-0.1, -0.05) is 35.5 Å². The Balaban J connectivity index is 1.70. The number of rotatable bonds is 5. The van der Waals surface area contributed by atoms with E-state index in [1.807, 2.05) is 0 Å². The topological polar surface area (TPSA) is 92.1 Å². The number of hydrogen-bond acceptors (Lipinski definition) is 5. The average molecular weight is 383 g/mol. The van der Waals surface area contributed by atoms with E-state index in [-0.39, 0.29) is 17.3 Å². The van der Waals surface area contributed by atoms with Gasteiger partial charge in [-0.25, -0.2) is 4.68 Å². The molecule has 1 saturated heterocycles. The van der Waals surface area contributed by atoms with E-state index >= 15 is 0 Å². The van der Waals surface area contributed by atoms with E-state index in [1.165, 1.54) is 24.4 Å². The molecule has 0 saturated carbocycles. The first kappa shape index (κ1) is 19.3. The van der Waals surface area contributed by atoms with Gasteiger partial charge in [-0.05, 0) is 31.5 Å². The highest BCUT2D eigenvalue weighted by molar-refractivity contribution is 5.91. The van der Waals surface area contributed by atoms with Gasteiger partial charge in [0.05, 0.1) is 18.8 Å². The molecule has 10 heteroatoms. The van der Waals surface area contributed by atoms with Crippen molar-refractivity contribution in [3.63, 3.8) is 0 Å². The van der Waals surface area contributed by atoms with Crippen molar-refractivity contribution in [3.05, 3.63) is 47.8 Å². The summed E-state index contributed by atoms with van der Waals surface area (Å²) in [6.07, 6.45) is -1.90. The second-order valence-electron chi connectivity index (χ2n) is 6.47. The number of amides is 1. The molecule has 3 N–H and O–H groups in total. The third-order valence-corrected chi connectivity index (χ3v) is 4.65. The summed E-state index contributed by atoms with van der Waals surface area (Å²) in [5, 5.41) is 23.2. The van der Waals surface area contributed by atoms with Crippen molar-refractivity contribution < 1.29 is 23.1 Å². The molecule has 3 rings (SSSR count). The number of carbonyl (C=O) groups is 1. The van der Waals surface area contributed by atoms with Crippen molar-refractivity contribution in [3.8, 4) is 0 Å². The third-order valence-electron chi connectivity index (χ3n) is 4.65. The molecule has 27 heavy (non-hydrogen) atoms. The average Bonchev–Trinajstić information content (AvgIpc) is 3.16. The van der Waals surface area contributed by atoms with Crippen LogP contribution in [-0.4, -0.2) is 51.8 Å². The molecule has 1 amide bonds. The maximum absolute atomic E-state index is 13.5. The maximum Gasteiger partial charge on any atom is 0.423 e. The molecule has 1 unspecified atom stereocenters. The van der Waals surface area contributed by atoms with E-state index in [2.05, 4.69) is 20.9 Å². The molecule has 1 atom stereocenters. The maximum atomic E-state index is 13.5. The fraction of sp³-hybridized carbons (Fsp3) is 0.471. The predicted octanol–water partition coefficient (Wildman–Crippen LogP) is 1.38. The first-order valence-electron chi connectivity index (χ1n) is 8.56. The van der Waals surface area contributed by atoms with Crippen LogP contribution in [0.4, 0.5) is 13.2 Å². The molecular weight excluding hydrogens is 363 g/mol. The van der Waals surface area contributed by atoms with Crippen molar-refractivity contribution in [1.82, 2.24) is 25.6 Å². The van der Waals surface area contributed by atoms with Crippen LogP contribution in [0.1, 0.15) is 34.9 Å². The lowest BCUT2D eigenvalue weighted by Crippen LogP contribution is -2.51. The van der Waals surface area contributed by atoms with Crippen LogP contribution in [0.3, 0.4) is 0 Å². The monoisotopic (exact) mass is 383 g/mol. The van der Waals surface area contributed by atoms with Crippen molar-refractivity contribution in [2.75, 3.05) is 19.6 Å². The normalized spacial score (nSPS) is 18.1. The van der Waals surface area contributed by atoms with Gasteiger partial charge >= 0.3 is 6.18 Å². The second kappa shape index (κ2) is 7.65. The summed E-state index contributed by atoms with van der Waals surface area (Å²) >= 11 is 0. The SMILES string of the molecule is O=C(NCC(O)(c1ccccc1)C(F)(F)F)c1cn(C2CCNCC2)nn1. The van der Waals surface area contributed by atoms with Crippen LogP contribution in [0.25, 0.3) is 0 Å².